The van der Waals surface area contributed by atoms with Crippen molar-refractivity contribution < 1.29 is 9.59 Å². The lowest BCUT2D eigenvalue weighted by Crippen LogP contribution is -2.52. The van der Waals surface area contributed by atoms with Crippen molar-refractivity contribution in [1.82, 2.24) is 10.2 Å². The molecule has 5 heteroatoms. The normalized spacial score (nSPS) is 12.6. The van der Waals surface area contributed by atoms with E-state index in [1.807, 2.05) is 75.4 Å². The van der Waals surface area contributed by atoms with Gasteiger partial charge in [-0.3, -0.25) is 9.59 Å². The number of carbonyl (C=O) groups excluding carboxylic acids is 2. The number of nitrogens with one attached hydrogen (secondary N) is 1. The molecule has 0 radical (unpaired) electrons. The van der Waals surface area contributed by atoms with Crippen LogP contribution in [0.25, 0.3) is 0 Å². The molecule has 0 aliphatic carbocycles. The smallest absolute Gasteiger partial charge is 0.243 e. The Labute approximate surface area is 214 Å². The molecule has 0 aliphatic rings. The average Bonchev–Trinajstić information content (AvgIpc) is 2.87. The third-order valence-electron chi connectivity index (χ3n) is 6.32. The van der Waals surface area contributed by atoms with E-state index in [0.29, 0.717) is 24.3 Å². The molecule has 4 nitrogen and oxygen atoms in total. The summed E-state index contributed by atoms with van der Waals surface area (Å²) in [7, 11) is 0. The lowest BCUT2D eigenvalue weighted by Gasteiger charge is -2.32. The summed E-state index contributed by atoms with van der Waals surface area (Å²) in [5.74, 6) is -0.204. The zero-order valence-corrected chi connectivity index (χ0v) is 21.6. The maximum atomic E-state index is 13.7. The summed E-state index contributed by atoms with van der Waals surface area (Å²) in [5.41, 5.74) is 4.12. The Morgan fingerprint density at radius 2 is 1.57 bits per heavy atom. The van der Waals surface area contributed by atoms with Crippen molar-refractivity contribution >= 4 is 23.4 Å². The van der Waals surface area contributed by atoms with Crippen LogP contribution in [0.15, 0.2) is 78.9 Å². The van der Waals surface area contributed by atoms with E-state index in [1.54, 1.807) is 4.90 Å². The minimum Gasteiger partial charge on any atom is -0.352 e. The van der Waals surface area contributed by atoms with E-state index in [4.69, 9.17) is 11.6 Å². The summed E-state index contributed by atoms with van der Waals surface area (Å²) in [6.07, 6.45) is 2.18. The Kier molecular flexibility index (Phi) is 9.92. The summed E-state index contributed by atoms with van der Waals surface area (Å²) in [5, 5.41) is 3.69. The number of halogens is 1. The molecule has 0 bridgehead atoms. The van der Waals surface area contributed by atoms with Gasteiger partial charge in [0.15, 0.2) is 0 Å². The second-order valence-corrected chi connectivity index (χ2v) is 9.53. The predicted molar refractivity (Wildman–Crippen MR) is 143 cm³/mol. The van der Waals surface area contributed by atoms with Crippen LogP contribution in [0, 0.1) is 6.92 Å². The molecule has 0 aromatic heterocycles. The predicted octanol–water partition coefficient (Wildman–Crippen LogP) is 6.14. The van der Waals surface area contributed by atoms with Gasteiger partial charge in [-0.2, -0.15) is 0 Å². The first kappa shape index (κ1) is 26.5. The summed E-state index contributed by atoms with van der Waals surface area (Å²) in [4.78, 5) is 28.9. The van der Waals surface area contributed by atoms with Gasteiger partial charge in [-0.05, 0) is 49.4 Å². The van der Waals surface area contributed by atoms with Gasteiger partial charge in [-0.1, -0.05) is 96.9 Å². The van der Waals surface area contributed by atoms with Gasteiger partial charge in [0.2, 0.25) is 11.8 Å². The van der Waals surface area contributed by atoms with Gasteiger partial charge in [-0.25, -0.2) is 0 Å². The molecular formula is C30H35ClN2O2. The standard InChI is InChI=1S/C30H35ClN2O2/c1-4-23(3)32-30(35)28(20-25-10-6-5-7-11-25)33(21-26-12-8-9-13-27(26)31)29(34)19-18-24-16-14-22(2)15-17-24/h5-17,23,28H,4,18-21H2,1-3H3,(H,32,35)/t23-,28-/m0/s1. The number of benzene rings is 3. The van der Waals surface area contributed by atoms with Gasteiger partial charge >= 0.3 is 0 Å². The Bertz CT molecular complexity index is 1100. The summed E-state index contributed by atoms with van der Waals surface area (Å²) >= 11 is 6.47. The van der Waals surface area contributed by atoms with Crippen molar-refractivity contribution in [2.24, 2.45) is 0 Å². The highest BCUT2D eigenvalue weighted by Gasteiger charge is 2.31. The van der Waals surface area contributed by atoms with E-state index in [9.17, 15) is 9.59 Å². The zero-order chi connectivity index (χ0) is 25.2. The third-order valence-corrected chi connectivity index (χ3v) is 6.69. The monoisotopic (exact) mass is 490 g/mol. The Morgan fingerprint density at radius 3 is 2.23 bits per heavy atom. The molecule has 0 saturated carbocycles. The maximum Gasteiger partial charge on any atom is 0.243 e. The zero-order valence-electron chi connectivity index (χ0n) is 20.8. The molecule has 0 unspecified atom stereocenters. The number of amides is 2. The number of aryl methyl sites for hydroxylation is 2. The van der Waals surface area contributed by atoms with Gasteiger partial charge < -0.3 is 10.2 Å². The molecule has 3 aromatic rings. The fourth-order valence-electron chi connectivity index (χ4n) is 3.95. The summed E-state index contributed by atoms with van der Waals surface area (Å²) < 4.78 is 0. The minimum atomic E-state index is -0.645. The number of rotatable bonds is 11. The second kappa shape index (κ2) is 13.1. The number of hydrogen-bond acceptors (Lipinski definition) is 2. The van der Waals surface area contributed by atoms with Crippen LogP contribution in [-0.2, 0) is 29.0 Å². The van der Waals surface area contributed by atoms with Crippen molar-refractivity contribution in [3.63, 3.8) is 0 Å². The first-order valence-corrected chi connectivity index (χ1v) is 12.7. The van der Waals surface area contributed by atoms with Gasteiger partial charge in [0.05, 0.1) is 0 Å². The fraction of sp³-hybridized carbons (Fsp3) is 0.333. The third kappa shape index (κ3) is 7.97. The van der Waals surface area contributed by atoms with E-state index in [0.717, 1.165) is 23.1 Å². The molecule has 1 N–H and O–H groups in total. The van der Waals surface area contributed by atoms with Crippen molar-refractivity contribution in [1.29, 1.82) is 0 Å². The number of carbonyl (C=O) groups is 2. The van der Waals surface area contributed by atoms with Gasteiger partial charge in [0.1, 0.15) is 6.04 Å². The molecule has 0 spiro atoms. The topological polar surface area (TPSA) is 49.4 Å². The fourth-order valence-corrected chi connectivity index (χ4v) is 4.15. The first-order valence-electron chi connectivity index (χ1n) is 12.3. The van der Waals surface area contributed by atoms with Crippen LogP contribution < -0.4 is 5.32 Å². The van der Waals surface area contributed by atoms with Crippen LogP contribution in [0.1, 0.15) is 48.9 Å². The summed E-state index contributed by atoms with van der Waals surface area (Å²) in [6.45, 7) is 6.34. The Hall–Kier alpha value is -3.11. The highest BCUT2D eigenvalue weighted by atomic mass is 35.5. The molecule has 2 atom stereocenters. The molecule has 35 heavy (non-hydrogen) atoms. The van der Waals surface area contributed by atoms with Crippen LogP contribution in [0.2, 0.25) is 5.02 Å². The van der Waals surface area contributed by atoms with Crippen LogP contribution in [0.5, 0.6) is 0 Å². The van der Waals surface area contributed by atoms with Crippen molar-refractivity contribution in [3.05, 3.63) is 106 Å². The quantitative estimate of drug-likeness (QED) is 0.351. The van der Waals surface area contributed by atoms with Crippen molar-refractivity contribution in [2.75, 3.05) is 0 Å². The molecule has 0 heterocycles. The number of nitrogens with zero attached hydrogens (tertiary/aromatic N) is 1. The molecular weight excluding hydrogens is 456 g/mol. The van der Waals surface area contributed by atoms with E-state index < -0.39 is 6.04 Å². The van der Waals surface area contributed by atoms with Crippen molar-refractivity contribution in [2.45, 2.75) is 65.1 Å². The van der Waals surface area contributed by atoms with Gasteiger partial charge in [-0.15, -0.1) is 0 Å². The average molecular weight is 491 g/mol. The lowest BCUT2D eigenvalue weighted by molar-refractivity contribution is -0.141. The molecule has 0 aliphatic heterocycles. The molecule has 0 saturated heterocycles. The van der Waals surface area contributed by atoms with Crippen LogP contribution in [-0.4, -0.2) is 28.8 Å². The molecule has 3 aromatic carbocycles. The highest BCUT2D eigenvalue weighted by Crippen LogP contribution is 2.22. The summed E-state index contributed by atoms with van der Waals surface area (Å²) in [6, 6.07) is 24.9. The van der Waals surface area contributed by atoms with Crippen LogP contribution >= 0.6 is 11.6 Å². The first-order chi connectivity index (χ1) is 16.9. The van der Waals surface area contributed by atoms with Crippen molar-refractivity contribution in [3.8, 4) is 0 Å². The Morgan fingerprint density at radius 1 is 0.914 bits per heavy atom. The Balaban J connectivity index is 1.91. The van der Waals surface area contributed by atoms with E-state index in [-0.39, 0.29) is 24.4 Å². The second-order valence-electron chi connectivity index (χ2n) is 9.12. The SMILES string of the molecule is CC[C@H](C)NC(=O)[C@H](Cc1ccccc1)N(Cc1ccccc1Cl)C(=O)CCc1ccc(C)cc1. The molecule has 3 rings (SSSR count). The van der Waals surface area contributed by atoms with E-state index in [1.165, 1.54) is 5.56 Å². The molecule has 184 valence electrons. The largest absolute Gasteiger partial charge is 0.352 e. The minimum absolute atomic E-state index is 0.0191. The van der Waals surface area contributed by atoms with Gasteiger partial charge in [0, 0.05) is 30.5 Å². The molecule has 0 fully saturated rings. The van der Waals surface area contributed by atoms with E-state index >= 15 is 0 Å². The van der Waals surface area contributed by atoms with Crippen LogP contribution in [0.3, 0.4) is 0 Å². The molecule has 2 amide bonds. The maximum absolute atomic E-state index is 13.7. The number of hydrogen-bond donors (Lipinski definition) is 1. The van der Waals surface area contributed by atoms with Crippen LogP contribution in [0.4, 0.5) is 0 Å². The van der Waals surface area contributed by atoms with Gasteiger partial charge in [0.25, 0.3) is 0 Å². The van der Waals surface area contributed by atoms with E-state index in [2.05, 4.69) is 29.6 Å². The lowest BCUT2D eigenvalue weighted by atomic mass is 10.0. The highest BCUT2D eigenvalue weighted by molar-refractivity contribution is 6.31.